The van der Waals surface area contributed by atoms with Gasteiger partial charge in [0.15, 0.2) is 8.32 Å². The number of carbonyl (C=O) groups is 1. The zero-order chi connectivity index (χ0) is 18.5. The Hall–Kier alpha value is -0.853. The highest BCUT2D eigenvalue weighted by Gasteiger charge is 2.40. The van der Waals surface area contributed by atoms with Crippen LogP contribution in [0.3, 0.4) is 0 Å². The number of aliphatic hydroxyl groups is 1. The Bertz CT molecular complexity index is 396. The number of alkyl carbamates (subject to hydrolysis) is 1. The van der Waals surface area contributed by atoms with Crippen molar-refractivity contribution in [3.05, 3.63) is 12.7 Å². The lowest BCUT2D eigenvalue weighted by atomic mass is 10.1. The van der Waals surface area contributed by atoms with Gasteiger partial charge in [0.25, 0.3) is 0 Å². The molecule has 0 aliphatic carbocycles. The number of hydrogen-bond donors (Lipinski definition) is 2. The summed E-state index contributed by atoms with van der Waals surface area (Å²) in [5, 5.41) is 12.6. The summed E-state index contributed by atoms with van der Waals surface area (Å²) in [6.07, 6.45) is 1.21. The minimum Gasteiger partial charge on any atom is -0.444 e. The van der Waals surface area contributed by atoms with Crippen LogP contribution in [0.15, 0.2) is 12.7 Å². The Kier molecular flexibility index (Phi) is 8.00. The average molecular weight is 346 g/mol. The lowest BCUT2D eigenvalue weighted by Gasteiger charge is -2.41. The van der Waals surface area contributed by atoms with E-state index in [2.05, 4.69) is 45.8 Å². The number of rotatable bonds is 7. The van der Waals surface area contributed by atoms with E-state index in [1.807, 2.05) is 20.8 Å². The van der Waals surface area contributed by atoms with Gasteiger partial charge < -0.3 is 19.6 Å². The number of carbonyl (C=O) groups excluding carboxylic acids is 1. The Morgan fingerprint density at radius 3 is 2.13 bits per heavy atom. The summed E-state index contributed by atoms with van der Waals surface area (Å²) in [4.78, 5) is 12.0. The van der Waals surface area contributed by atoms with E-state index in [1.54, 1.807) is 6.08 Å². The summed E-state index contributed by atoms with van der Waals surface area (Å²) in [5.41, 5.74) is -0.572. The first-order chi connectivity index (χ1) is 10.2. The first-order valence-electron chi connectivity index (χ1n) is 8.12. The molecule has 0 spiro atoms. The van der Waals surface area contributed by atoms with Crippen molar-refractivity contribution in [3.63, 3.8) is 0 Å². The molecule has 5 nitrogen and oxygen atoms in total. The maximum Gasteiger partial charge on any atom is 0.407 e. The Labute approximate surface area is 142 Å². The molecule has 2 atom stereocenters. The van der Waals surface area contributed by atoms with E-state index in [0.717, 1.165) is 0 Å². The average Bonchev–Trinajstić information content (AvgIpc) is 2.31. The van der Waals surface area contributed by atoms with Crippen molar-refractivity contribution >= 4 is 14.4 Å². The van der Waals surface area contributed by atoms with Gasteiger partial charge in [-0.3, -0.25) is 0 Å². The van der Waals surface area contributed by atoms with Crippen LogP contribution in [-0.2, 0) is 9.16 Å². The van der Waals surface area contributed by atoms with Crippen LogP contribution in [0.5, 0.6) is 0 Å². The minimum absolute atomic E-state index is 0.0189. The number of amides is 1. The van der Waals surface area contributed by atoms with E-state index >= 15 is 0 Å². The van der Waals surface area contributed by atoms with Gasteiger partial charge in [-0.25, -0.2) is 4.79 Å². The van der Waals surface area contributed by atoms with Crippen LogP contribution in [0.25, 0.3) is 0 Å². The number of aliphatic hydroxyl groups excluding tert-OH is 1. The van der Waals surface area contributed by atoms with Crippen LogP contribution in [0.4, 0.5) is 4.79 Å². The third-order valence-corrected chi connectivity index (χ3v) is 8.51. The van der Waals surface area contributed by atoms with Crippen molar-refractivity contribution in [2.45, 2.75) is 83.8 Å². The third kappa shape index (κ3) is 7.99. The standard InChI is InChI=1S/C17H35NO4Si/c1-10-11-13(18-15(20)21-16(2,3)4)14(12-19)22-23(8,9)17(5,6)7/h10,13-14,19H,1,11-12H2,2-9H3,(H,18,20)/t13-,14+/m0/s1. The zero-order valence-electron chi connectivity index (χ0n) is 16.0. The molecule has 0 aromatic rings. The molecular formula is C17H35NO4Si. The second kappa shape index (κ2) is 8.31. The summed E-state index contributed by atoms with van der Waals surface area (Å²) in [5.74, 6) is 0. The second-order valence-electron chi connectivity index (χ2n) is 8.38. The van der Waals surface area contributed by atoms with Gasteiger partial charge in [0.05, 0.1) is 18.8 Å². The molecule has 23 heavy (non-hydrogen) atoms. The second-order valence-corrected chi connectivity index (χ2v) is 13.1. The lowest BCUT2D eigenvalue weighted by molar-refractivity contribution is 0.0354. The predicted molar refractivity (Wildman–Crippen MR) is 97.1 cm³/mol. The number of ether oxygens (including phenoxy) is 1. The van der Waals surface area contributed by atoms with E-state index in [9.17, 15) is 9.90 Å². The largest absolute Gasteiger partial charge is 0.444 e. The zero-order valence-corrected chi connectivity index (χ0v) is 17.0. The fraction of sp³-hybridized carbons (Fsp3) is 0.824. The van der Waals surface area contributed by atoms with Gasteiger partial charge in [0.1, 0.15) is 5.60 Å². The maximum atomic E-state index is 12.0. The van der Waals surface area contributed by atoms with Crippen molar-refractivity contribution in [1.82, 2.24) is 5.32 Å². The monoisotopic (exact) mass is 345 g/mol. The summed E-state index contributed by atoms with van der Waals surface area (Å²) in [6.45, 7) is 19.6. The fourth-order valence-electron chi connectivity index (χ4n) is 1.74. The molecule has 0 aromatic heterocycles. The first-order valence-corrected chi connectivity index (χ1v) is 11.0. The van der Waals surface area contributed by atoms with Gasteiger partial charge in [-0.2, -0.15) is 0 Å². The fourth-order valence-corrected chi connectivity index (χ4v) is 3.09. The van der Waals surface area contributed by atoms with Crippen LogP contribution in [0.2, 0.25) is 18.1 Å². The number of hydrogen-bond acceptors (Lipinski definition) is 4. The molecule has 0 heterocycles. The van der Waals surface area contributed by atoms with Crippen molar-refractivity contribution in [3.8, 4) is 0 Å². The summed E-state index contributed by atoms with van der Waals surface area (Å²) < 4.78 is 11.6. The smallest absolute Gasteiger partial charge is 0.407 e. The van der Waals surface area contributed by atoms with Gasteiger partial charge in [-0.1, -0.05) is 26.8 Å². The molecule has 0 unspecified atom stereocenters. The highest BCUT2D eigenvalue weighted by Crippen LogP contribution is 2.37. The highest BCUT2D eigenvalue weighted by atomic mass is 28.4. The molecule has 0 bridgehead atoms. The molecule has 2 N–H and O–H groups in total. The van der Waals surface area contributed by atoms with Gasteiger partial charge in [0, 0.05) is 0 Å². The molecule has 0 saturated heterocycles. The molecular weight excluding hydrogens is 310 g/mol. The molecule has 0 radical (unpaired) electrons. The SMILES string of the molecule is C=CC[C@H](NC(=O)OC(C)(C)C)[C@@H](CO)O[Si](C)(C)C(C)(C)C. The lowest BCUT2D eigenvalue weighted by Crippen LogP contribution is -2.53. The van der Waals surface area contributed by atoms with Crippen molar-refractivity contribution in [2.75, 3.05) is 6.61 Å². The van der Waals surface area contributed by atoms with Crippen LogP contribution >= 0.6 is 0 Å². The van der Waals surface area contributed by atoms with E-state index in [4.69, 9.17) is 9.16 Å². The minimum atomic E-state index is -2.07. The molecule has 0 aromatic carbocycles. The number of nitrogens with one attached hydrogen (secondary N) is 1. The quantitative estimate of drug-likeness (QED) is 0.543. The summed E-state index contributed by atoms with van der Waals surface area (Å²) >= 11 is 0. The molecule has 1 amide bonds. The molecule has 6 heteroatoms. The van der Waals surface area contributed by atoms with Gasteiger partial charge >= 0.3 is 6.09 Å². The molecule has 0 saturated carbocycles. The van der Waals surface area contributed by atoms with Crippen molar-refractivity contribution < 1.29 is 19.1 Å². The van der Waals surface area contributed by atoms with E-state index in [1.165, 1.54) is 0 Å². The van der Waals surface area contributed by atoms with Crippen LogP contribution in [0.1, 0.15) is 48.0 Å². The van der Waals surface area contributed by atoms with Crippen LogP contribution < -0.4 is 5.32 Å². The van der Waals surface area contributed by atoms with E-state index in [-0.39, 0.29) is 17.7 Å². The Morgan fingerprint density at radius 2 is 1.78 bits per heavy atom. The van der Waals surface area contributed by atoms with Crippen LogP contribution in [0, 0.1) is 0 Å². The molecule has 136 valence electrons. The molecule has 0 aliphatic heterocycles. The normalized spacial score (nSPS) is 15.7. The molecule has 0 fully saturated rings. The molecule has 0 rings (SSSR count). The summed E-state index contributed by atoms with van der Waals surface area (Å²) in [6, 6.07) is -0.374. The maximum absolute atomic E-state index is 12.0. The van der Waals surface area contributed by atoms with Gasteiger partial charge in [-0.05, 0) is 45.3 Å². The Balaban J connectivity index is 5.09. The first kappa shape index (κ1) is 22.1. The topological polar surface area (TPSA) is 67.8 Å². The van der Waals surface area contributed by atoms with Gasteiger partial charge in [0.2, 0.25) is 0 Å². The third-order valence-electron chi connectivity index (χ3n) is 4.00. The van der Waals surface area contributed by atoms with Crippen LogP contribution in [-0.4, -0.2) is 43.9 Å². The van der Waals surface area contributed by atoms with E-state index in [0.29, 0.717) is 6.42 Å². The van der Waals surface area contributed by atoms with Crippen molar-refractivity contribution in [1.29, 1.82) is 0 Å². The van der Waals surface area contributed by atoms with Gasteiger partial charge in [-0.15, -0.1) is 6.58 Å². The van der Waals surface area contributed by atoms with E-state index < -0.39 is 26.1 Å². The predicted octanol–water partition coefficient (Wildman–Crippen LogP) is 3.84. The molecule has 0 aliphatic rings. The highest BCUT2D eigenvalue weighted by molar-refractivity contribution is 6.74. The summed E-state index contributed by atoms with van der Waals surface area (Å²) in [7, 11) is -2.07. The van der Waals surface area contributed by atoms with Crippen molar-refractivity contribution in [2.24, 2.45) is 0 Å². The Morgan fingerprint density at radius 1 is 1.26 bits per heavy atom.